The van der Waals surface area contributed by atoms with Crippen molar-refractivity contribution in [2.45, 2.75) is 39.0 Å². The summed E-state index contributed by atoms with van der Waals surface area (Å²) in [5.74, 6) is 0.707. The minimum absolute atomic E-state index is 0.185. The van der Waals surface area contributed by atoms with Crippen molar-refractivity contribution >= 4 is 45.4 Å². The van der Waals surface area contributed by atoms with Crippen LogP contribution in [0.5, 0.6) is 0 Å². The molecule has 0 atom stereocenters. The van der Waals surface area contributed by atoms with E-state index in [2.05, 4.69) is 41.5 Å². The van der Waals surface area contributed by atoms with Crippen molar-refractivity contribution < 1.29 is 4.74 Å². The number of hydrogen-bond donors (Lipinski definition) is 2. The lowest BCUT2D eigenvalue weighted by Crippen LogP contribution is -2.31. The van der Waals surface area contributed by atoms with Gasteiger partial charge in [0.05, 0.1) is 17.6 Å². The molecule has 1 aromatic carbocycles. The Morgan fingerprint density at radius 3 is 2.96 bits per heavy atom. The number of aromatic nitrogens is 4. The van der Waals surface area contributed by atoms with Gasteiger partial charge < -0.3 is 10.1 Å². The minimum Gasteiger partial charge on any atom is -0.370 e. The number of thiophene rings is 1. The van der Waals surface area contributed by atoms with Gasteiger partial charge in [-0.1, -0.05) is 30.3 Å². The zero-order valence-electron chi connectivity index (χ0n) is 15.1. The number of H-pyrrole nitrogens is 1. The van der Waals surface area contributed by atoms with Gasteiger partial charge in [0, 0.05) is 17.8 Å². The molecule has 138 valence electrons. The van der Waals surface area contributed by atoms with Crippen LogP contribution in [0, 0.1) is 4.77 Å². The summed E-state index contributed by atoms with van der Waals surface area (Å²) in [4.78, 5) is 7.09. The Labute approximate surface area is 165 Å². The van der Waals surface area contributed by atoms with Crippen LogP contribution in [-0.2, 0) is 24.3 Å². The molecule has 1 aliphatic heterocycles. The van der Waals surface area contributed by atoms with Crippen molar-refractivity contribution in [1.29, 1.82) is 0 Å². The molecule has 0 saturated carbocycles. The van der Waals surface area contributed by atoms with Crippen molar-refractivity contribution in [1.82, 2.24) is 19.6 Å². The average molecular weight is 398 g/mol. The molecule has 0 radical (unpaired) electrons. The molecule has 4 heterocycles. The summed E-state index contributed by atoms with van der Waals surface area (Å²) < 4.78 is 8.43. The van der Waals surface area contributed by atoms with Crippen molar-refractivity contribution in [3.8, 4) is 0 Å². The Balaban J connectivity index is 1.66. The van der Waals surface area contributed by atoms with Gasteiger partial charge in [0.25, 0.3) is 0 Å². The SMILES string of the molecule is CC1(C)Cc2c(sc3nc(NCc4ccccc4)n4c(=S)[nH]nc4c23)CO1. The van der Waals surface area contributed by atoms with E-state index in [0.29, 0.717) is 23.9 Å². The number of nitrogens with one attached hydrogen (secondary N) is 2. The Kier molecular flexibility index (Phi) is 3.82. The third kappa shape index (κ3) is 2.84. The van der Waals surface area contributed by atoms with E-state index in [1.807, 2.05) is 22.6 Å². The zero-order valence-corrected chi connectivity index (χ0v) is 16.7. The summed E-state index contributed by atoms with van der Waals surface area (Å²) in [5, 5.41) is 12.0. The molecule has 8 heteroatoms. The number of ether oxygens (including phenoxy) is 1. The Morgan fingerprint density at radius 1 is 1.33 bits per heavy atom. The predicted octanol–water partition coefficient (Wildman–Crippen LogP) is 4.46. The lowest BCUT2D eigenvalue weighted by molar-refractivity contribution is -0.0379. The molecule has 0 bridgehead atoms. The summed E-state index contributed by atoms with van der Waals surface area (Å²) in [6.07, 6.45) is 0.843. The molecule has 0 fully saturated rings. The van der Waals surface area contributed by atoms with Gasteiger partial charge in [0.1, 0.15) is 4.83 Å². The largest absolute Gasteiger partial charge is 0.370 e. The van der Waals surface area contributed by atoms with Gasteiger partial charge in [-0.25, -0.2) is 9.38 Å². The van der Waals surface area contributed by atoms with E-state index in [-0.39, 0.29) is 5.60 Å². The van der Waals surface area contributed by atoms with E-state index in [1.54, 1.807) is 11.3 Å². The first kappa shape index (κ1) is 16.9. The van der Waals surface area contributed by atoms with Gasteiger partial charge in [-0.3, -0.25) is 5.10 Å². The van der Waals surface area contributed by atoms with Gasteiger partial charge in [-0.15, -0.1) is 11.3 Å². The first-order valence-electron chi connectivity index (χ1n) is 8.85. The fourth-order valence-corrected chi connectivity index (χ4v) is 4.87. The standard InChI is InChI=1S/C19H19N5OS2/c1-19(2)8-12-13(10-25-19)27-16-14(12)15-22-23-18(26)24(15)17(21-16)20-9-11-6-4-3-5-7-11/h3-7H,8-10H2,1-2H3,(H,20,21)(H,23,26). The van der Waals surface area contributed by atoms with Crippen LogP contribution in [0.15, 0.2) is 30.3 Å². The summed E-state index contributed by atoms with van der Waals surface area (Å²) >= 11 is 7.17. The Bertz CT molecular complexity index is 1210. The van der Waals surface area contributed by atoms with Gasteiger partial charge >= 0.3 is 0 Å². The second-order valence-electron chi connectivity index (χ2n) is 7.37. The smallest absolute Gasteiger partial charge is 0.212 e. The molecule has 5 rings (SSSR count). The zero-order chi connectivity index (χ0) is 18.6. The molecule has 0 spiro atoms. The maximum absolute atomic E-state index is 5.99. The van der Waals surface area contributed by atoms with Crippen LogP contribution in [-0.4, -0.2) is 25.2 Å². The fourth-order valence-electron chi connectivity index (χ4n) is 3.55. The van der Waals surface area contributed by atoms with Gasteiger partial charge in [-0.05, 0) is 37.2 Å². The lowest BCUT2D eigenvalue weighted by atomic mass is 9.94. The van der Waals surface area contributed by atoms with Crippen LogP contribution in [0.3, 0.4) is 0 Å². The van der Waals surface area contributed by atoms with Crippen molar-refractivity contribution in [3.63, 3.8) is 0 Å². The highest BCUT2D eigenvalue weighted by Crippen LogP contribution is 2.40. The number of anilines is 1. The van der Waals surface area contributed by atoms with E-state index in [0.717, 1.165) is 22.3 Å². The quantitative estimate of drug-likeness (QED) is 0.500. The highest BCUT2D eigenvalue weighted by molar-refractivity contribution is 7.71. The van der Waals surface area contributed by atoms with Crippen molar-refractivity contribution in [2.24, 2.45) is 0 Å². The van der Waals surface area contributed by atoms with Crippen LogP contribution in [0.1, 0.15) is 29.9 Å². The molecule has 3 aromatic heterocycles. The normalized spacial score (nSPS) is 15.9. The number of nitrogens with zero attached hydrogens (tertiary/aromatic N) is 3. The maximum atomic E-state index is 5.99. The number of hydrogen-bond acceptors (Lipinski definition) is 6. The monoisotopic (exact) mass is 397 g/mol. The van der Waals surface area contributed by atoms with E-state index in [9.17, 15) is 0 Å². The topological polar surface area (TPSA) is 67.2 Å². The van der Waals surface area contributed by atoms with Crippen molar-refractivity contribution in [3.05, 3.63) is 51.1 Å². The fraction of sp³-hybridized carbons (Fsp3) is 0.316. The molecule has 0 aliphatic carbocycles. The highest BCUT2D eigenvalue weighted by Gasteiger charge is 2.31. The molecular formula is C19H19N5OS2. The Hall–Kier alpha value is -2.29. The number of aromatic amines is 1. The summed E-state index contributed by atoms with van der Waals surface area (Å²) in [6.45, 7) is 5.53. The minimum atomic E-state index is -0.185. The van der Waals surface area contributed by atoms with Gasteiger partial charge in [0.2, 0.25) is 10.7 Å². The van der Waals surface area contributed by atoms with Gasteiger partial charge in [-0.2, -0.15) is 5.10 Å². The van der Waals surface area contributed by atoms with Crippen molar-refractivity contribution in [2.75, 3.05) is 5.32 Å². The van der Waals surface area contributed by atoms with E-state index >= 15 is 0 Å². The lowest BCUT2D eigenvalue weighted by Gasteiger charge is -2.30. The molecule has 0 unspecified atom stereocenters. The number of benzene rings is 1. The third-order valence-electron chi connectivity index (χ3n) is 4.88. The number of rotatable bonds is 3. The molecule has 27 heavy (non-hydrogen) atoms. The van der Waals surface area contributed by atoms with E-state index < -0.39 is 0 Å². The first-order valence-corrected chi connectivity index (χ1v) is 10.1. The molecule has 1 aliphatic rings. The second-order valence-corrected chi connectivity index (χ2v) is 8.84. The molecule has 2 N–H and O–H groups in total. The second kappa shape index (κ2) is 6.12. The molecule has 0 amide bonds. The van der Waals surface area contributed by atoms with E-state index in [4.69, 9.17) is 21.9 Å². The summed E-state index contributed by atoms with van der Waals surface area (Å²) in [6, 6.07) is 10.2. The molecule has 4 aromatic rings. The highest BCUT2D eigenvalue weighted by atomic mass is 32.1. The van der Waals surface area contributed by atoms with Gasteiger partial charge in [0.15, 0.2) is 5.65 Å². The number of fused-ring (bicyclic) bond motifs is 5. The van der Waals surface area contributed by atoms with Crippen LogP contribution < -0.4 is 5.32 Å². The average Bonchev–Trinajstić information content (AvgIpc) is 3.20. The Morgan fingerprint density at radius 2 is 2.15 bits per heavy atom. The molecule has 0 saturated heterocycles. The summed E-state index contributed by atoms with van der Waals surface area (Å²) in [5.41, 5.74) is 3.11. The molecular weight excluding hydrogens is 378 g/mol. The van der Waals surface area contributed by atoms with E-state index in [1.165, 1.54) is 16.0 Å². The summed E-state index contributed by atoms with van der Waals surface area (Å²) in [7, 11) is 0. The first-order chi connectivity index (χ1) is 13.0. The third-order valence-corrected chi connectivity index (χ3v) is 6.25. The van der Waals surface area contributed by atoms with Crippen LogP contribution in [0.25, 0.3) is 15.9 Å². The van der Waals surface area contributed by atoms with Crippen LogP contribution >= 0.6 is 23.6 Å². The predicted molar refractivity (Wildman–Crippen MR) is 110 cm³/mol. The maximum Gasteiger partial charge on any atom is 0.212 e. The van der Waals surface area contributed by atoms with Crippen LogP contribution in [0.2, 0.25) is 0 Å². The van der Waals surface area contributed by atoms with Crippen LogP contribution in [0.4, 0.5) is 5.95 Å². The molecule has 6 nitrogen and oxygen atoms in total.